The maximum absolute atomic E-state index is 5.91. The molecule has 1 heterocycles. The van der Waals surface area contributed by atoms with Crippen LogP contribution in [-0.2, 0) is 5.88 Å². The summed E-state index contributed by atoms with van der Waals surface area (Å²) in [5, 5.41) is 1.10. The summed E-state index contributed by atoms with van der Waals surface area (Å²) in [7, 11) is 0. The van der Waals surface area contributed by atoms with E-state index in [0.29, 0.717) is 5.88 Å². The van der Waals surface area contributed by atoms with Crippen LogP contribution in [0, 0.1) is 0 Å². The summed E-state index contributed by atoms with van der Waals surface area (Å²) >= 11 is 10.8. The molecule has 0 aliphatic rings. The van der Waals surface area contributed by atoms with Gasteiger partial charge in [0.15, 0.2) is 0 Å². The number of halogens is 2. The van der Waals surface area contributed by atoms with Crippen LogP contribution in [0.1, 0.15) is 4.88 Å². The molecule has 0 unspecified atom stereocenters. The van der Waals surface area contributed by atoms with E-state index in [1.165, 1.54) is 4.70 Å². The van der Waals surface area contributed by atoms with Crippen molar-refractivity contribution in [3.05, 3.63) is 27.5 Å². The van der Waals surface area contributed by atoms with Crippen LogP contribution in [0.15, 0.2) is 22.7 Å². The second-order valence-corrected chi connectivity index (χ2v) is 5.03. The Bertz CT molecular complexity index is 452. The molecule has 0 aliphatic heterocycles. The van der Waals surface area contributed by atoms with E-state index in [0.717, 1.165) is 20.4 Å². The lowest BCUT2D eigenvalue weighted by atomic mass is 10.2. The van der Waals surface area contributed by atoms with Crippen molar-refractivity contribution in [3.8, 4) is 0 Å². The summed E-state index contributed by atoms with van der Waals surface area (Å²) < 4.78 is 2.25. The summed E-state index contributed by atoms with van der Waals surface area (Å²) in [6.45, 7) is 0. The van der Waals surface area contributed by atoms with Crippen LogP contribution in [-0.4, -0.2) is 0 Å². The fourth-order valence-corrected chi connectivity index (χ4v) is 3.07. The molecule has 2 N–H and O–H groups in total. The van der Waals surface area contributed by atoms with Crippen LogP contribution in [0.2, 0.25) is 0 Å². The molecule has 2 aromatic rings. The number of hydrogen-bond acceptors (Lipinski definition) is 2. The van der Waals surface area contributed by atoms with Crippen molar-refractivity contribution in [1.82, 2.24) is 0 Å². The van der Waals surface area contributed by atoms with E-state index < -0.39 is 0 Å². The topological polar surface area (TPSA) is 26.0 Å². The van der Waals surface area contributed by atoms with E-state index in [9.17, 15) is 0 Å². The first-order chi connectivity index (χ1) is 6.22. The lowest BCUT2D eigenvalue weighted by Crippen LogP contribution is -1.85. The Labute approximate surface area is 93.6 Å². The minimum absolute atomic E-state index is 0.489. The first-order valence-electron chi connectivity index (χ1n) is 3.74. The van der Waals surface area contributed by atoms with Gasteiger partial charge in [-0.05, 0) is 12.1 Å². The minimum atomic E-state index is 0.489. The first-order valence-corrected chi connectivity index (χ1v) is 5.89. The average molecular weight is 277 g/mol. The molecule has 1 aromatic carbocycles. The second kappa shape index (κ2) is 3.48. The van der Waals surface area contributed by atoms with E-state index in [1.807, 2.05) is 12.1 Å². The molecule has 0 radical (unpaired) electrons. The number of benzene rings is 1. The third-order valence-corrected chi connectivity index (χ3v) is 3.98. The highest BCUT2D eigenvalue weighted by atomic mass is 79.9. The van der Waals surface area contributed by atoms with Crippen LogP contribution in [0.3, 0.4) is 0 Å². The maximum atomic E-state index is 5.91. The number of fused-ring (bicyclic) bond motifs is 1. The largest absolute Gasteiger partial charge is 0.397 e. The Kier molecular flexibility index (Phi) is 2.49. The lowest BCUT2D eigenvalue weighted by molar-refractivity contribution is 1.54. The van der Waals surface area contributed by atoms with Gasteiger partial charge in [-0.1, -0.05) is 22.0 Å². The van der Waals surface area contributed by atoms with Crippen LogP contribution in [0.4, 0.5) is 5.69 Å². The number of anilines is 1. The van der Waals surface area contributed by atoms with E-state index in [1.54, 1.807) is 11.3 Å². The van der Waals surface area contributed by atoms with Crippen LogP contribution < -0.4 is 5.73 Å². The summed E-state index contributed by atoms with van der Waals surface area (Å²) in [5.74, 6) is 0.489. The third kappa shape index (κ3) is 1.56. The zero-order valence-electron chi connectivity index (χ0n) is 6.68. The highest BCUT2D eigenvalue weighted by Gasteiger charge is 2.07. The molecule has 0 aliphatic carbocycles. The van der Waals surface area contributed by atoms with Crippen molar-refractivity contribution in [2.45, 2.75) is 5.88 Å². The van der Waals surface area contributed by atoms with E-state index in [-0.39, 0.29) is 0 Å². The number of hydrogen-bond donors (Lipinski definition) is 1. The van der Waals surface area contributed by atoms with Gasteiger partial charge in [0.2, 0.25) is 0 Å². The van der Waals surface area contributed by atoms with Gasteiger partial charge in [-0.25, -0.2) is 0 Å². The summed E-state index contributed by atoms with van der Waals surface area (Å²) in [4.78, 5) is 1.05. The highest BCUT2D eigenvalue weighted by molar-refractivity contribution is 9.10. The van der Waals surface area contributed by atoms with Crippen molar-refractivity contribution < 1.29 is 0 Å². The Hall–Kier alpha value is -0.250. The van der Waals surface area contributed by atoms with Crippen LogP contribution >= 0.6 is 38.9 Å². The molecule has 0 spiro atoms. The van der Waals surface area contributed by atoms with E-state index in [4.69, 9.17) is 17.3 Å². The van der Waals surface area contributed by atoms with Gasteiger partial charge in [-0.2, -0.15) is 0 Å². The molecular weight excluding hydrogens is 270 g/mol. The smallest absolute Gasteiger partial charge is 0.0589 e. The number of alkyl halides is 1. The van der Waals surface area contributed by atoms with Gasteiger partial charge >= 0.3 is 0 Å². The molecule has 1 aromatic heterocycles. The number of nitrogen functional groups attached to an aromatic ring is 1. The Morgan fingerprint density at radius 1 is 1.46 bits per heavy atom. The zero-order chi connectivity index (χ0) is 9.42. The molecule has 0 atom stereocenters. The normalized spacial score (nSPS) is 10.9. The summed E-state index contributed by atoms with van der Waals surface area (Å²) in [6.07, 6.45) is 0. The van der Waals surface area contributed by atoms with Gasteiger partial charge in [0.05, 0.1) is 11.6 Å². The van der Waals surface area contributed by atoms with Crippen molar-refractivity contribution in [1.29, 1.82) is 0 Å². The number of thiophene rings is 1. The molecular formula is C9H7BrClNS. The summed E-state index contributed by atoms with van der Waals surface area (Å²) in [6, 6.07) is 6.07. The number of rotatable bonds is 1. The predicted molar refractivity (Wildman–Crippen MR) is 63.5 cm³/mol. The highest BCUT2D eigenvalue weighted by Crippen LogP contribution is 2.35. The molecule has 13 heavy (non-hydrogen) atoms. The van der Waals surface area contributed by atoms with Crippen molar-refractivity contribution in [3.63, 3.8) is 0 Å². The molecule has 0 bridgehead atoms. The molecule has 2 rings (SSSR count). The SMILES string of the molecule is Nc1c(CCl)sc2cc(Br)ccc12. The quantitative estimate of drug-likeness (QED) is 0.783. The second-order valence-electron chi connectivity index (χ2n) is 2.71. The van der Waals surface area contributed by atoms with Crippen molar-refractivity contribution in [2.75, 3.05) is 5.73 Å². The standard InChI is InChI=1S/C9H7BrClNS/c10-5-1-2-6-7(3-5)13-8(4-11)9(6)12/h1-3H,4,12H2. The molecule has 0 fully saturated rings. The van der Waals surface area contributed by atoms with Gasteiger partial charge in [0.1, 0.15) is 0 Å². The van der Waals surface area contributed by atoms with Crippen molar-refractivity contribution >= 4 is 54.6 Å². The fraction of sp³-hybridized carbons (Fsp3) is 0.111. The van der Waals surface area contributed by atoms with E-state index in [2.05, 4.69) is 22.0 Å². The van der Waals surface area contributed by atoms with Gasteiger partial charge in [0.25, 0.3) is 0 Å². The minimum Gasteiger partial charge on any atom is -0.397 e. The zero-order valence-corrected chi connectivity index (χ0v) is 9.84. The molecule has 0 saturated heterocycles. The van der Waals surface area contributed by atoms with Gasteiger partial charge < -0.3 is 5.73 Å². The lowest BCUT2D eigenvalue weighted by Gasteiger charge is -1.92. The Morgan fingerprint density at radius 2 is 2.23 bits per heavy atom. The first kappa shape index (κ1) is 9.31. The van der Waals surface area contributed by atoms with Crippen LogP contribution in [0.25, 0.3) is 10.1 Å². The van der Waals surface area contributed by atoms with Gasteiger partial charge in [-0.15, -0.1) is 22.9 Å². The average Bonchev–Trinajstić information content (AvgIpc) is 2.42. The van der Waals surface area contributed by atoms with Crippen LogP contribution in [0.5, 0.6) is 0 Å². The molecule has 0 saturated carbocycles. The van der Waals surface area contributed by atoms with Gasteiger partial charge in [0, 0.05) is 19.4 Å². The molecule has 1 nitrogen and oxygen atoms in total. The predicted octanol–water partition coefficient (Wildman–Crippen LogP) is 3.98. The Morgan fingerprint density at radius 3 is 2.92 bits per heavy atom. The monoisotopic (exact) mass is 275 g/mol. The summed E-state index contributed by atoms with van der Waals surface area (Å²) in [5.41, 5.74) is 6.73. The molecule has 4 heteroatoms. The third-order valence-electron chi connectivity index (χ3n) is 1.89. The van der Waals surface area contributed by atoms with E-state index >= 15 is 0 Å². The Balaban J connectivity index is 2.76. The molecule has 68 valence electrons. The maximum Gasteiger partial charge on any atom is 0.0589 e. The fourth-order valence-electron chi connectivity index (χ4n) is 1.24. The van der Waals surface area contributed by atoms with Crippen molar-refractivity contribution in [2.24, 2.45) is 0 Å². The van der Waals surface area contributed by atoms with Gasteiger partial charge in [-0.3, -0.25) is 0 Å². The number of nitrogens with two attached hydrogens (primary N) is 1. The molecule has 0 amide bonds.